The van der Waals surface area contributed by atoms with Crippen LogP contribution < -0.4 is 4.74 Å². The summed E-state index contributed by atoms with van der Waals surface area (Å²) in [7, 11) is 1.63. The third-order valence-electron chi connectivity index (χ3n) is 3.72. The Balaban J connectivity index is 2.16. The van der Waals surface area contributed by atoms with Crippen molar-refractivity contribution in [2.45, 2.75) is 20.0 Å². The minimum absolute atomic E-state index is 0.188. The summed E-state index contributed by atoms with van der Waals surface area (Å²) in [6.45, 7) is 3.67. The number of carbonyl (C=O) groups excluding carboxylic acids is 1. The maximum absolute atomic E-state index is 12.6. The lowest BCUT2D eigenvalue weighted by Crippen LogP contribution is -2.12. The maximum atomic E-state index is 12.6. The molecule has 0 unspecified atom stereocenters. The van der Waals surface area contributed by atoms with Gasteiger partial charge in [0.05, 0.1) is 30.0 Å². The van der Waals surface area contributed by atoms with E-state index in [9.17, 15) is 4.79 Å². The highest BCUT2D eigenvalue weighted by Crippen LogP contribution is 2.28. The first-order chi connectivity index (χ1) is 12.0. The smallest absolute Gasteiger partial charge is 0.339 e. The van der Waals surface area contributed by atoms with Crippen molar-refractivity contribution in [3.63, 3.8) is 0 Å². The SMILES string of the molecule is COc1ccc(-c2cc(C(=O)OC(C)C)c3cc(Br)ccc3n2)cc1. The van der Waals surface area contributed by atoms with Crippen LogP contribution in [-0.2, 0) is 4.74 Å². The number of pyridine rings is 1. The first kappa shape index (κ1) is 17.4. The van der Waals surface area contributed by atoms with Crippen molar-refractivity contribution < 1.29 is 14.3 Å². The van der Waals surface area contributed by atoms with Crippen molar-refractivity contribution in [2.24, 2.45) is 0 Å². The summed E-state index contributed by atoms with van der Waals surface area (Å²) in [6.07, 6.45) is -0.188. The number of benzene rings is 2. The van der Waals surface area contributed by atoms with E-state index in [1.807, 2.05) is 56.3 Å². The van der Waals surface area contributed by atoms with Crippen LogP contribution in [0.5, 0.6) is 5.75 Å². The summed E-state index contributed by atoms with van der Waals surface area (Å²) in [4.78, 5) is 17.3. The number of esters is 1. The molecule has 0 spiro atoms. The van der Waals surface area contributed by atoms with Gasteiger partial charge >= 0.3 is 5.97 Å². The number of fused-ring (bicyclic) bond motifs is 1. The fraction of sp³-hybridized carbons (Fsp3) is 0.200. The van der Waals surface area contributed by atoms with Gasteiger partial charge in [-0.05, 0) is 62.4 Å². The molecule has 1 heterocycles. The van der Waals surface area contributed by atoms with Gasteiger partial charge in [-0.1, -0.05) is 15.9 Å². The van der Waals surface area contributed by atoms with Crippen molar-refractivity contribution in [3.05, 3.63) is 58.6 Å². The Kier molecular flexibility index (Phi) is 5.04. The Hall–Kier alpha value is -2.40. The summed E-state index contributed by atoms with van der Waals surface area (Å²) in [5.74, 6) is 0.420. The minimum atomic E-state index is -0.352. The molecule has 0 fully saturated rings. The van der Waals surface area contributed by atoms with Crippen LogP contribution >= 0.6 is 15.9 Å². The van der Waals surface area contributed by atoms with E-state index in [0.717, 1.165) is 26.7 Å². The molecule has 25 heavy (non-hydrogen) atoms. The van der Waals surface area contributed by atoms with Crippen LogP contribution in [0.25, 0.3) is 22.2 Å². The molecule has 0 bridgehead atoms. The molecule has 0 saturated carbocycles. The average Bonchev–Trinajstić information content (AvgIpc) is 2.60. The third-order valence-corrected chi connectivity index (χ3v) is 4.21. The van der Waals surface area contributed by atoms with Crippen LogP contribution in [0, 0.1) is 0 Å². The second-order valence-electron chi connectivity index (χ2n) is 5.90. The molecule has 0 aliphatic rings. The van der Waals surface area contributed by atoms with Gasteiger partial charge in [-0.15, -0.1) is 0 Å². The van der Waals surface area contributed by atoms with E-state index >= 15 is 0 Å². The van der Waals surface area contributed by atoms with Gasteiger partial charge in [0.15, 0.2) is 0 Å². The van der Waals surface area contributed by atoms with E-state index in [2.05, 4.69) is 15.9 Å². The highest BCUT2D eigenvalue weighted by molar-refractivity contribution is 9.10. The quantitative estimate of drug-likeness (QED) is 0.562. The molecule has 0 saturated heterocycles. The van der Waals surface area contributed by atoms with Gasteiger partial charge in [-0.25, -0.2) is 9.78 Å². The molecular formula is C20H18BrNO3. The van der Waals surface area contributed by atoms with E-state index in [1.54, 1.807) is 13.2 Å². The highest BCUT2D eigenvalue weighted by Gasteiger charge is 2.16. The zero-order chi connectivity index (χ0) is 18.0. The number of ether oxygens (including phenoxy) is 2. The van der Waals surface area contributed by atoms with Gasteiger partial charge < -0.3 is 9.47 Å². The summed E-state index contributed by atoms with van der Waals surface area (Å²) in [6, 6.07) is 15.0. The molecule has 3 rings (SSSR count). The van der Waals surface area contributed by atoms with Gasteiger partial charge in [0.25, 0.3) is 0 Å². The fourth-order valence-corrected chi connectivity index (χ4v) is 2.92. The van der Waals surface area contributed by atoms with Crippen LogP contribution in [0.1, 0.15) is 24.2 Å². The second-order valence-corrected chi connectivity index (χ2v) is 6.81. The van der Waals surface area contributed by atoms with Crippen molar-refractivity contribution in [3.8, 4) is 17.0 Å². The molecule has 5 heteroatoms. The van der Waals surface area contributed by atoms with Gasteiger partial charge in [0.2, 0.25) is 0 Å². The Morgan fingerprint density at radius 3 is 2.44 bits per heavy atom. The molecule has 0 atom stereocenters. The number of nitrogens with zero attached hydrogens (tertiary/aromatic N) is 1. The Bertz CT molecular complexity index is 920. The Morgan fingerprint density at radius 2 is 1.80 bits per heavy atom. The van der Waals surface area contributed by atoms with Crippen molar-refractivity contribution in [2.75, 3.05) is 7.11 Å². The molecule has 1 aromatic heterocycles. The molecule has 3 aromatic rings. The summed E-state index contributed by atoms with van der Waals surface area (Å²) < 4.78 is 11.5. The Morgan fingerprint density at radius 1 is 1.08 bits per heavy atom. The summed E-state index contributed by atoms with van der Waals surface area (Å²) >= 11 is 3.45. The highest BCUT2D eigenvalue weighted by atomic mass is 79.9. The first-order valence-corrected chi connectivity index (χ1v) is 8.73. The van der Waals surface area contributed by atoms with Crippen molar-refractivity contribution >= 4 is 32.8 Å². The molecular weight excluding hydrogens is 382 g/mol. The van der Waals surface area contributed by atoms with Crippen LogP contribution in [0.3, 0.4) is 0 Å². The van der Waals surface area contributed by atoms with Crippen molar-refractivity contribution in [1.82, 2.24) is 4.98 Å². The molecule has 0 N–H and O–H groups in total. The number of hydrogen-bond acceptors (Lipinski definition) is 4. The van der Waals surface area contributed by atoms with Gasteiger partial charge in [0, 0.05) is 15.4 Å². The molecule has 128 valence electrons. The lowest BCUT2D eigenvalue weighted by Gasteiger charge is -2.12. The van der Waals surface area contributed by atoms with Crippen LogP contribution in [0.2, 0.25) is 0 Å². The number of halogens is 1. The van der Waals surface area contributed by atoms with E-state index in [0.29, 0.717) is 11.3 Å². The van der Waals surface area contributed by atoms with E-state index in [1.165, 1.54) is 0 Å². The fourth-order valence-electron chi connectivity index (χ4n) is 2.55. The van der Waals surface area contributed by atoms with Crippen LogP contribution in [-0.4, -0.2) is 24.2 Å². The van der Waals surface area contributed by atoms with Crippen LogP contribution in [0.15, 0.2) is 53.0 Å². The first-order valence-electron chi connectivity index (χ1n) is 7.93. The molecule has 0 aliphatic heterocycles. The number of rotatable bonds is 4. The minimum Gasteiger partial charge on any atom is -0.497 e. The Labute approximate surface area is 154 Å². The predicted molar refractivity (Wildman–Crippen MR) is 102 cm³/mol. The molecule has 4 nitrogen and oxygen atoms in total. The standard InChI is InChI=1S/C20H18BrNO3/c1-12(2)25-20(23)17-11-19(13-4-7-15(24-3)8-5-13)22-18-9-6-14(21)10-16(17)18/h4-12H,1-3H3. The van der Waals surface area contributed by atoms with E-state index in [4.69, 9.17) is 14.5 Å². The topological polar surface area (TPSA) is 48.4 Å². The maximum Gasteiger partial charge on any atom is 0.339 e. The number of aromatic nitrogens is 1. The van der Waals surface area contributed by atoms with Crippen molar-refractivity contribution in [1.29, 1.82) is 0 Å². The third kappa shape index (κ3) is 3.82. The molecule has 0 aliphatic carbocycles. The van der Waals surface area contributed by atoms with Crippen LogP contribution in [0.4, 0.5) is 0 Å². The monoisotopic (exact) mass is 399 g/mol. The van der Waals surface area contributed by atoms with E-state index < -0.39 is 0 Å². The van der Waals surface area contributed by atoms with Gasteiger partial charge in [0.1, 0.15) is 5.75 Å². The zero-order valence-corrected chi connectivity index (χ0v) is 15.8. The zero-order valence-electron chi connectivity index (χ0n) is 14.2. The lowest BCUT2D eigenvalue weighted by molar-refractivity contribution is 0.0380. The summed E-state index contributed by atoms with van der Waals surface area (Å²) in [5.41, 5.74) is 2.87. The normalized spacial score (nSPS) is 10.9. The molecule has 0 amide bonds. The molecule has 0 radical (unpaired) electrons. The summed E-state index contributed by atoms with van der Waals surface area (Å²) in [5, 5.41) is 0.761. The van der Waals surface area contributed by atoms with Gasteiger partial charge in [-0.2, -0.15) is 0 Å². The van der Waals surface area contributed by atoms with Gasteiger partial charge in [-0.3, -0.25) is 0 Å². The lowest BCUT2D eigenvalue weighted by atomic mass is 10.0. The predicted octanol–water partition coefficient (Wildman–Crippen LogP) is 5.24. The average molecular weight is 400 g/mol. The number of methoxy groups -OCH3 is 1. The second kappa shape index (κ2) is 7.23. The number of hydrogen-bond donors (Lipinski definition) is 0. The number of carbonyl (C=O) groups is 1. The largest absolute Gasteiger partial charge is 0.497 e. The molecule has 2 aromatic carbocycles. The van der Waals surface area contributed by atoms with E-state index in [-0.39, 0.29) is 12.1 Å².